The largest absolute Gasteiger partial charge is 0.369 e. The minimum Gasteiger partial charge on any atom is -0.369 e. The molecule has 1 amide bonds. The fourth-order valence-corrected chi connectivity index (χ4v) is 11.2. The van der Waals surface area contributed by atoms with Crippen molar-refractivity contribution in [1.82, 2.24) is 24.3 Å². The van der Waals surface area contributed by atoms with Gasteiger partial charge in [0.1, 0.15) is 5.52 Å². The van der Waals surface area contributed by atoms with Gasteiger partial charge in [0, 0.05) is 102 Å². The molecule has 2 aromatic carbocycles. The van der Waals surface area contributed by atoms with Crippen molar-refractivity contribution < 1.29 is 9.18 Å². The predicted molar refractivity (Wildman–Crippen MR) is 222 cm³/mol. The Labute approximate surface area is 341 Å². The van der Waals surface area contributed by atoms with Crippen LogP contribution in [0.3, 0.4) is 0 Å². The Morgan fingerprint density at radius 1 is 1.09 bits per heavy atom. The van der Waals surface area contributed by atoms with E-state index >= 15 is 4.39 Å². The summed E-state index contributed by atoms with van der Waals surface area (Å²) in [7, 11) is 0. The molecule has 0 spiro atoms. The molecule has 11 rings (SSSR count). The summed E-state index contributed by atoms with van der Waals surface area (Å²) < 4.78 is 21.6. The van der Waals surface area contributed by atoms with Crippen molar-refractivity contribution in [1.29, 1.82) is 5.26 Å². The number of nitriles is 1. The predicted octanol–water partition coefficient (Wildman–Crippen LogP) is 8.61. The lowest BCUT2D eigenvalue weighted by Gasteiger charge is -2.40. The highest BCUT2D eigenvalue weighted by Gasteiger charge is 2.55. The van der Waals surface area contributed by atoms with Crippen LogP contribution in [0, 0.1) is 47.7 Å². The van der Waals surface area contributed by atoms with E-state index in [4.69, 9.17) is 28.2 Å². The number of nitrogens with one attached hydrogen (secondary N) is 1. The molecule has 2 aliphatic carbocycles. The Morgan fingerprint density at radius 3 is 2.61 bits per heavy atom. The number of aromatic nitrogens is 3. The van der Waals surface area contributed by atoms with Crippen LogP contribution in [0.4, 0.5) is 10.1 Å². The molecule has 7 heterocycles. The SMILES string of the molecule is Cc1nc2c(F)c(-c3cccc(Cl)c3Cl)c(CCC#N)cc2c2c1cc(C1C3CC(CN(c4ccn(CC(C)C)c(=O)c4)C3)N1C(=O)C1CC1)n2C1C2CNC1C2. The van der Waals surface area contributed by atoms with Crippen molar-refractivity contribution in [2.45, 2.75) is 90.0 Å². The first-order valence-electron chi connectivity index (χ1n) is 20.5. The zero-order valence-corrected chi connectivity index (χ0v) is 34.0. The quantitative estimate of drug-likeness (QED) is 0.160. The highest BCUT2D eigenvalue weighted by Crippen LogP contribution is 2.54. The molecule has 294 valence electrons. The molecule has 6 fully saturated rings. The van der Waals surface area contributed by atoms with Crippen LogP contribution >= 0.6 is 23.2 Å². The minimum absolute atomic E-state index is 0.00126. The normalized spacial score (nSPS) is 25.2. The van der Waals surface area contributed by atoms with Crippen molar-refractivity contribution in [3.63, 3.8) is 0 Å². The van der Waals surface area contributed by atoms with Crippen LogP contribution in [-0.2, 0) is 17.8 Å². The Hall–Kier alpha value is -4.43. The summed E-state index contributed by atoms with van der Waals surface area (Å²) in [4.78, 5) is 37.3. The highest BCUT2D eigenvalue weighted by atomic mass is 35.5. The number of rotatable bonds is 9. The van der Waals surface area contributed by atoms with Crippen molar-refractivity contribution in [2.75, 3.05) is 24.5 Å². The minimum atomic E-state index is -0.480. The molecular formula is C45H46Cl2FN7O2. The van der Waals surface area contributed by atoms with E-state index in [0.717, 1.165) is 61.1 Å². The molecule has 4 bridgehead atoms. The Morgan fingerprint density at radius 2 is 1.91 bits per heavy atom. The van der Waals surface area contributed by atoms with Crippen molar-refractivity contribution in [3.05, 3.63) is 91.8 Å². The lowest BCUT2D eigenvalue weighted by atomic mass is 9.79. The molecule has 4 aliphatic heterocycles. The van der Waals surface area contributed by atoms with Gasteiger partial charge in [-0.15, -0.1) is 0 Å². The van der Waals surface area contributed by atoms with Crippen molar-refractivity contribution in [2.24, 2.45) is 23.7 Å². The number of nitrogens with zero attached hydrogens (tertiary/aromatic N) is 6. The lowest BCUT2D eigenvalue weighted by molar-refractivity contribution is -0.135. The number of hydrogen-bond acceptors (Lipinski definition) is 6. The fraction of sp³-hybridized carbons (Fsp3) is 0.467. The summed E-state index contributed by atoms with van der Waals surface area (Å²) in [6.45, 7) is 9.13. The van der Waals surface area contributed by atoms with E-state index in [1.807, 2.05) is 19.2 Å². The summed E-state index contributed by atoms with van der Waals surface area (Å²) in [6, 6.07) is 15.8. The van der Waals surface area contributed by atoms with Gasteiger partial charge >= 0.3 is 0 Å². The second-order valence-electron chi connectivity index (χ2n) is 17.6. The van der Waals surface area contributed by atoms with Gasteiger partial charge in [0.15, 0.2) is 5.82 Å². The number of hydrogen-bond donors (Lipinski definition) is 1. The summed E-state index contributed by atoms with van der Waals surface area (Å²) in [5.74, 6) is 0.667. The standard InChI is InChI=1S/C45H46Cl2FN7O2/c1-23(2)20-52-13-11-29(17-37(52)56)53-21-28-14-30(22-53)54(45(57)25-9-10-25)43(28)36-18-32-24(3)51-41-33(44(32)55(36)42-27-16-35(42)50-19-27)15-26(6-5-12-49)38(40(41)48)31-7-4-8-34(46)39(31)47/h4,7-8,11,13,15,17-18,23,25,27-28,30,35,42-43,50H,5-6,9-10,14,16,19-22H2,1-3H3. The van der Waals surface area contributed by atoms with E-state index in [1.54, 1.807) is 28.8 Å². The van der Waals surface area contributed by atoms with E-state index in [0.29, 0.717) is 64.1 Å². The van der Waals surface area contributed by atoms with Gasteiger partial charge in [0.25, 0.3) is 5.56 Å². The van der Waals surface area contributed by atoms with Crippen LogP contribution in [-0.4, -0.2) is 56.6 Å². The third-order valence-electron chi connectivity index (χ3n) is 13.4. The molecule has 4 saturated heterocycles. The first-order valence-corrected chi connectivity index (χ1v) is 21.3. The molecule has 9 nitrogen and oxygen atoms in total. The molecule has 57 heavy (non-hydrogen) atoms. The molecule has 2 saturated carbocycles. The van der Waals surface area contributed by atoms with Gasteiger partial charge in [-0.3, -0.25) is 9.59 Å². The molecule has 5 aromatic rings. The van der Waals surface area contributed by atoms with Crippen LogP contribution in [0.5, 0.6) is 0 Å². The molecule has 6 unspecified atom stereocenters. The maximum absolute atomic E-state index is 17.4. The number of fused-ring (bicyclic) bond motifs is 6. The number of amides is 1. The summed E-state index contributed by atoms with van der Waals surface area (Å²) in [6.07, 6.45) is 6.22. The number of halogens is 3. The number of aryl methyl sites for hydroxylation is 2. The van der Waals surface area contributed by atoms with Gasteiger partial charge < -0.3 is 24.3 Å². The van der Waals surface area contributed by atoms with Crippen molar-refractivity contribution >= 4 is 56.6 Å². The third-order valence-corrected chi connectivity index (χ3v) is 14.2. The number of benzene rings is 2. The third kappa shape index (κ3) is 5.90. The fourth-order valence-electron chi connectivity index (χ4n) is 10.8. The summed E-state index contributed by atoms with van der Waals surface area (Å²) in [5, 5.41) is 15.7. The Kier molecular flexibility index (Phi) is 8.96. The average molecular weight is 807 g/mol. The van der Waals surface area contributed by atoms with Gasteiger partial charge in [-0.2, -0.15) is 5.26 Å². The Bertz CT molecular complexity index is 2580. The molecule has 6 atom stereocenters. The molecule has 3 aromatic heterocycles. The second kappa shape index (κ2) is 13.9. The number of anilines is 1. The van der Waals surface area contributed by atoms with Crippen LogP contribution in [0.25, 0.3) is 32.9 Å². The van der Waals surface area contributed by atoms with Gasteiger partial charge in [0.2, 0.25) is 5.91 Å². The van der Waals surface area contributed by atoms with E-state index in [1.165, 1.54) is 0 Å². The van der Waals surface area contributed by atoms with Crippen LogP contribution < -0.4 is 15.8 Å². The van der Waals surface area contributed by atoms with E-state index < -0.39 is 5.82 Å². The zero-order chi connectivity index (χ0) is 39.4. The highest BCUT2D eigenvalue weighted by molar-refractivity contribution is 6.43. The first-order chi connectivity index (χ1) is 27.5. The number of pyridine rings is 2. The van der Waals surface area contributed by atoms with E-state index in [-0.39, 0.29) is 64.4 Å². The smallest absolute Gasteiger partial charge is 0.252 e. The number of carbonyl (C=O) groups excluding carboxylic acids is 1. The Balaban J connectivity index is 1.17. The van der Waals surface area contributed by atoms with E-state index in [2.05, 4.69) is 51.7 Å². The first kappa shape index (κ1) is 36.9. The van der Waals surface area contributed by atoms with Crippen LogP contribution in [0.2, 0.25) is 10.0 Å². The monoisotopic (exact) mass is 805 g/mol. The molecule has 1 N–H and O–H groups in total. The maximum atomic E-state index is 17.4. The summed E-state index contributed by atoms with van der Waals surface area (Å²) in [5.41, 5.74) is 5.36. The topological polar surface area (TPSA) is 99.2 Å². The van der Waals surface area contributed by atoms with Gasteiger partial charge in [0.05, 0.1) is 39.8 Å². The second-order valence-corrected chi connectivity index (χ2v) is 18.4. The molecule has 0 radical (unpaired) electrons. The maximum Gasteiger partial charge on any atom is 0.252 e. The number of carbonyl (C=O) groups is 1. The molecule has 12 heteroatoms. The van der Waals surface area contributed by atoms with Gasteiger partial charge in [-0.1, -0.05) is 49.2 Å². The van der Waals surface area contributed by atoms with Crippen LogP contribution in [0.15, 0.2) is 53.5 Å². The summed E-state index contributed by atoms with van der Waals surface area (Å²) >= 11 is 13.2. The van der Waals surface area contributed by atoms with E-state index in [9.17, 15) is 14.9 Å². The average Bonchev–Trinajstić information content (AvgIpc) is 3.46. The van der Waals surface area contributed by atoms with Gasteiger partial charge in [-0.25, -0.2) is 9.37 Å². The molecule has 6 aliphatic rings. The lowest BCUT2D eigenvalue weighted by Crippen LogP contribution is -2.45. The van der Waals surface area contributed by atoms with Crippen molar-refractivity contribution in [3.8, 4) is 17.2 Å². The number of piperidine rings is 1. The van der Waals surface area contributed by atoms with Gasteiger partial charge in [-0.05, 0) is 80.7 Å². The number of likely N-dealkylation sites (tertiary alicyclic amines) is 1. The van der Waals surface area contributed by atoms with Crippen LogP contribution in [0.1, 0.15) is 75.0 Å². The molecular weight excluding hydrogens is 760 g/mol. The zero-order valence-electron chi connectivity index (χ0n) is 32.4.